The summed E-state index contributed by atoms with van der Waals surface area (Å²) in [5.74, 6) is -2.86. The van der Waals surface area contributed by atoms with Crippen molar-refractivity contribution in [2.45, 2.75) is 6.92 Å². The number of carbonyl (C=O) groups is 2. The molecular weight excluding hydrogens is 255 g/mol. The molecule has 2 aromatic rings. The van der Waals surface area contributed by atoms with Gasteiger partial charge in [0.1, 0.15) is 5.82 Å². The summed E-state index contributed by atoms with van der Waals surface area (Å²) in [6.07, 6.45) is 1.38. The minimum Gasteiger partial charge on any atom is -0.478 e. The normalized spacial score (nSPS) is 10.2. The average Bonchev–Trinajstić information content (AvgIpc) is 2.77. The van der Waals surface area contributed by atoms with Gasteiger partial charge in [0.2, 0.25) is 5.76 Å². The van der Waals surface area contributed by atoms with Crippen LogP contribution >= 0.6 is 0 Å². The van der Waals surface area contributed by atoms with E-state index in [1.54, 1.807) is 6.92 Å². The first-order valence-electron chi connectivity index (χ1n) is 5.24. The van der Waals surface area contributed by atoms with Crippen molar-refractivity contribution in [3.05, 3.63) is 47.1 Å². The number of halogens is 1. The molecule has 2 rings (SSSR count). The lowest BCUT2D eigenvalue weighted by Gasteiger charge is -2.05. The summed E-state index contributed by atoms with van der Waals surface area (Å²) in [6, 6.07) is 3.25. The van der Waals surface area contributed by atoms with Gasteiger partial charge in [-0.3, -0.25) is 4.79 Å². The molecule has 19 heavy (non-hydrogen) atoms. The highest BCUT2D eigenvalue weighted by atomic mass is 19.1. The Bertz CT molecular complexity index is 651. The van der Waals surface area contributed by atoms with Crippen molar-refractivity contribution in [2.24, 2.45) is 0 Å². The number of aryl methyl sites for hydroxylation is 1. The Morgan fingerprint density at radius 1 is 1.42 bits per heavy atom. The van der Waals surface area contributed by atoms with Gasteiger partial charge in [-0.05, 0) is 25.1 Å². The molecule has 0 fully saturated rings. The van der Waals surface area contributed by atoms with Gasteiger partial charge in [0.25, 0.3) is 5.91 Å². The van der Waals surface area contributed by atoms with Crippen LogP contribution in [0.2, 0.25) is 0 Å². The third-order valence-electron chi connectivity index (χ3n) is 2.41. The van der Waals surface area contributed by atoms with Gasteiger partial charge in [0.05, 0.1) is 11.8 Å². The fourth-order valence-electron chi connectivity index (χ4n) is 1.46. The summed E-state index contributed by atoms with van der Waals surface area (Å²) in [4.78, 5) is 22.5. The molecule has 0 unspecified atom stereocenters. The number of rotatable bonds is 3. The van der Waals surface area contributed by atoms with E-state index in [9.17, 15) is 14.0 Å². The van der Waals surface area contributed by atoms with Gasteiger partial charge in [-0.25, -0.2) is 9.18 Å². The van der Waals surface area contributed by atoms with Gasteiger partial charge >= 0.3 is 5.97 Å². The second-order valence-electron chi connectivity index (χ2n) is 3.79. The largest absolute Gasteiger partial charge is 0.478 e. The van der Waals surface area contributed by atoms with E-state index in [1.165, 1.54) is 12.3 Å². The number of aromatic carboxylic acids is 1. The molecule has 1 amide bonds. The summed E-state index contributed by atoms with van der Waals surface area (Å²) in [7, 11) is 0. The summed E-state index contributed by atoms with van der Waals surface area (Å²) in [5.41, 5.74) is 0.171. The Labute approximate surface area is 106 Å². The summed E-state index contributed by atoms with van der Waals surface area (Å²) in [6.45, 7) is 1.64. The molecule has 1 aromatic carbocycles. The SMILES string of the molecule is Cc1cnoc1C(=O)Nc1ccc(F)c(C(=O)O)c1. The summed E-state index contributed by atoms with van der Waals surface area (Å²) < 4.78 is 17.9. The van der Waals surface area contributed by atoms with Crippen LogP contribution in [0, 0.1) is 12.7 Å². The molecule has 0 radical (unpaired) electrons. The van der Waals surface area contributed by atoms with Crippen molar-refractivity contribution >= 4 is 17.6 Å². The van der Waals surface area contributed by atoms with Gasteiger partial charge in [-0.2, -0.15) is 0 Å². The Morgan fingerprint density at radius 3 is 2.74 bits per heavy atom. The maximum absolute atomic E-state index is 13.2. The third kappa shape index (κ3) is 2.59. The number of nitrogens with one attached hydrogen (secondary N) is 1. The topological polar surface area (TPSA) is 92.4 Å². The Kier molecular flexibility index (Phi) is 3.28. The third-order valence-corrected chi connectivity index (χ3v) is 2.41. The lowest BCUT2D eigenvalue weighted by atomic mass is 10.2. The van der Waals surface area contributed by atoms with E-state index in [-0.39, 0.29) is 11.4 Å². The van der Waals surface area contributed by atoms with Gasteiger partial charge in [-0.1, -0.05) is 5.16 Å². The van der Waals surface area contributed by atoms with E-state index < -0.39 is 23.3 Å². The van der Waals surface area contributed by atoms with Crippen LogP contribution in [0.1, 0.15) is 26.5 Å². The maximum Gasteiger partial charge on any atom is 0.338 e. The molecule has 1 aromatic heterocycles. The Hall–Kier alpha value is -2.70. The molecule has 0 aliphatic heterocycles. The van der Waals surface area contributed by atoms with E-state index in [0.29, 0.717) is 5.56 Å². The second kappa shape index (κ2) is 4.89. The van der Waals surface area contributed by atoms with Crippen molar-refractivity contribution < 1.29 is 23.6 Å². The maximum atomic E-state index is 13.2. The molecular formula is C12H9FN2O4. The van der Waals surface area contributed by atoms with E-state index in [2.05, 4.69) is 10.5 Å². The smallest absolute Gasteiger partial charge is 0.338 e. The fraction of sp³-hybridized carbons (Fsp3) is 0.0833. The Balaban J connectivity index is 2.25. The van der Waals surface area contributed by atoms with Crippen molar-refractivity contribution in [3.8, 4) is 0 Å². The molecule has 7 heteroatoms. The number of benzene rings is 1. The van der Waals surface area contributed by atoms with Crippen LogP contribution in [0.25, 0.3) is 0 Å². The number of carboxylic acids is 1. The van der Waals surface area contributed by atoms with Crippen LogP contribution in [0.3, 0.4) is 0 Å². The molecule has 0 atom stereocenters. The number of nitrogens with zero attached hydrogens (tertiary/aromatic N) is 1. The van der Waals surface area contributed by atoms with Crippen LogP contribution in [-0.2, 0) is 0 Å². The molecule has 6 nitrogen and oxygen atoms in total. The summed E-state index contributed by atoms with van der Waals surface area (Å²) >= 11 is 0. The second-order valence-corrected chi connectivity index (χ2v) is 3.79. The molecule has 98 valence electrons. The molecule has 0 aliphatic rings. The number of hydrogen-bond donors (Lipinski definition) is 2. The number of hydrogen-bond acceptors (Lipinski definition) is 4. The molecule has 0 bridgehead atoms. The van der Waals surface area contributed by atoms with E-state index in [1.807, 2.05) is 0 Å². The van der Waals surface area contributed by atoms with E-state index >= 15 is 0 Å². The first-order chi connectivity index (χ1) is 8.99. The molecule has 1 heterocycles. The molecule has 0 aliphatic carbocycles. The minimum atomic E-state index is -1.41. The average molecular weight is 264 g/mol. The molecule has 0 saturated heterocycles. The van der Waals surface area contributed by atoms with Crippen LogP contribution < -0.4 is 5.32 Å². The van der Waals surface area contributed by atoms with Crippen molar-refractivity contribution in [2.75, 3.05) is 5.32 Å². The molecule has 2 N–H and O–H groups in total. The van der Waals surface area contributed by atoms with Crippen molar-refractivity contribution in [3.63, 3.8) is 0 Å². The quantitative estimate of drug-likeness (QED) is 0.885. The van der Waals surface area contributed by atoms with Crippen LogP contribution in [0.4, 0.5) is 10.1 Å². The van der Waals surface area contributed by atoms with Crippen LogP contribution in [0.15, 0.2) is 28.9 Å². The van der Waals surface area contributed by atoms with Gasteiger partial charge < -0.3 is 14.9 Å². The van der Waals surface area contributed by atoms with E-state index in [0.717, 1.165) is 12.1 Å². The summed E-state index contributed by atoms with van der Waals surface area (Å²) in [5, 5.41) is 14.6. The standard InChI is InChI=1S/C12H9FN2O4/c1-6-5-14-19-10(6)11(16)15-7-2-3-9(13)8(4-7)12(17)18/h2-5H,1H3,(H,15,16)(H,17,18). The Morgan fingerprint density at radius 2 is 2.16 bits per heavy atom. The van der Waals surface area contributed by atoms with Gasteiger partial charge in [-0.15, -0.1) is 0 Å². The first kappa shape index (κ1) is 12.7. The van der Waals surface area contributed by atoms with E-state index in [4.69, 9.17) is 9.63 Å². The molecule has 0 spiro atoms. The fourth-order valence-corrected chi connectivity index (χ4v) is 1.46. The monoisotopic (exact) mass is 264 g/mol. The van der Waals surface area contributed by atoms with Gasteiger partial charge in [0.15, 0.2) is 0 Å². The van der Waals surface area contributed by atoms with Crippen molar-refractivity contribution in [1.82, 2.24) is 5.16 Å². The van der Waals surface area contributed by atoms with Gasteiger partial charge in [0, 0.05) is 11.3 Å². The number of anilines is 1. The first-order valence-corrected chi connectivity index (χ1v) is 5.24. The predicted molar refractivity (Wildman–Crippen MR) is 62.6 cm³/mol. The highest BCUT2D eigenvalue weighted by molar-refractivity contribution is 6.03. The highest BCUT2D eigenvalue weighted by Gasteiger charge is 2.16. The zero-order valence-corrected chi connectivity index (χ0v) is 9.81. The zero-order valence-electron chi connectivity index (χ0n) is 9.81. The minimum absolute atomic E-state index is 0.0150. The number of carbonyl (C=O) groups excluding carboxylic acids is 1. The lowest BCUT2D eigenvalue weighted by Crippen LogP contribution is -2.13. The zero-order chi connectivity index (χ0) is 14.0. The highest BCUT2D eigenvalue weighted by Crippen LogP contribution is 2.16. The molecule has 0 saturated carbocycles. The lowest BCUT2D eigenvalue weighted by molar-refractivity contribution is 0.0691. The number of amides is 1. The van der Waals surface area contributed by atoms with Crippen LogP contribution in [-0.4, -0.2) is 22.1 Å². The number of aromatic nitrogens is 1. The number of carboxylic acid groups (broad SMARTS) is 1. The predicted octanol–water partition coefficient (Wildman–Crippen LogP) is 2.07. The van der Waals surface area contributed by atoms with Crippen molar-refractivity contribution in [1.29, 1.82) is 0 Å². The van der Waals surface area contributed by atoms with Crippen LogP contribution in [0.5, 0.6) is 0 Å².